The highest BCUT2D eigenvalue weighted by molar-refractivity contribution is 5.98. The molecule has 0 radical (unpaired) electrons. The molecule has 0 aliphatic heterocycles. The van der Waals surface area contributed by atoms with Gasteiger partial charge < -0.3 is 9.64 Å². The molecule has 2 aromatic rings. The van der Waals surface area contributed by atoms with Gasteiger partial charge in [-0.15, -0.1) is 0 Å². The molecule has 0 atom stereocenters. The van der Waals surface area contributed by atoms with Crippen LogP contribution >= 0.6 is 0 Å². The van der Waals surface area contributed by atoms with Gasteiger partial charge >= 0.3 is 5.97 Å². The van der Waals surface area contributed by atoms with E-state index in [0.29, 0.717) is 11.3 Å². The van der Waals surface area contributed by atoms with Crippen LogP contribution in [-0.2, 0) is 9.53 Å². The van der Waals surface area contributed by atoms with E-state index in [9.17, 15) is 9.59 Å². The predicted octanol–water partition coefficient (Wildman–Crippen LogP) is 1.06. The van der Waals surface area contributed by atoms with E-state index in [1.165, 1.54) is 9.42 Å². The Morgan fingerprint density at radius 3 is 2.81 bits per heavy atom. The lowest BCUT2D eigenvalue weighted by molar-refractivity contribution is -0.134. The Morgan fingerprint density at radius 1 is 1.43 bits per heavy atom. The van der Waals surface area contributed by atoms with Crippen molar-refractivity contribution in [1.29, 1.82) is 0 Å². The van der Waals surface area contributed by atoms with Crippen molar-refractivity contribution < 1.29 is 14.3 Å². The van der Waals surface area contributed by atoms with E-state index in [-0.39, 0.29) is 24.1 Å². The van der Waals surface area contributed by atoms with E-state index in [2.05, 4.69) is 10.1 Å². The summed E-state index contributed by atoms with van der Waals surface area (Å²) in [6.45, 7) is 5.18. The second-order valence-electron chi connectivity index (χ2n) is 5.02. The number of amides is 1. The molecule has 2 heterocycles. The lowest BCUT2D eigenvalue weighted by Gasteiger charge is -2.20. The van der Waals surface area contributed by atoms with E-state index in [0.717, 1.165) is 0 Å². The van der Waals surface area contributed by atoms with Gasteiger partial charge in [0.15, 0.2) is 12.3 Å². The van der Waals surface area contributed by atoms with Gasteiger partial charge in [-0.1, -0.05) is 0 Å². The van der Waals surface area contributed by atoms with Gasteiger partial charge in [0.05, 0.1) is 5.69 Å². The van der Waals surface area contributed by atoms with Gasteiger partial charge in [-0.2, -0.15) is 5.10 Å². The Kier molecular flexibility index (Phi) is 4.21. The van der Waals surface area contributed by atoms with Crippen LogP contribution in [0.3, 0.4) is 0 Å². The summed E-state index contributed by atoms with van der Waals surface area (Å²) in [6, 6.07) is 1.77. The molecule has 0 spiro atoms. The van der Waals surface area contributed by atoms with Crippen LogP contribution in [0.1, 0.15) is 29.9 Å². The molecule has 7 nitrogen and oxygen atoms in total. The van der Waals surface area contributed by atoms with Gasteiger partial charge in [-0.05, 0) is 26.8 Å². The first kappa shape index (κ1) is 15.0. The molecule has 0 saturated carbocycles. The molecule has 0 bridgehead atoms. The molecule has 21 heavy (non-hydrogen) atoms. The van der Waals surface area contributed by atoms with Crippen LogP contribution in [0.25, 0.3) is 5.65 Å². The number of nitrogens with zero attached hydrogens (tertiary/aromatic N) is 4. The number of rotatable bonds is 4. The van der Waals surface area contributed by atoms with Crippen LogP contribution in [-0.4, -0.2) is 51.1 Å². The normalized spacial score (nSPS) is 10.9. The number of likely N-dealkylation sites (N-methyl/N-ethyl adjacent to an activating group) is 1. The molecule has 112 valence electrons. The summed E-state index contributed by atoms with van der Waals surface area (Å²) in [6.07, 6.45) is 3.27. The lowest BCUT2D eigenvalue weighted by atomic mass is 10.2. The van der Waals surface area contributed by atoms with E-state index in [1.807, 2.05) is 13.8 Å². The van der Waals surface area contributed by atoms with Crippen LogP contribution in [0.15, 0.2) is 18.5 Å². The highest BCUT2D eigenvalue weighted by atomic mass is 16.5. The summed E-state index contributed by atoms with van der Waals surface area (Å²) in [5.74, 6) is -0.841. The van der Waals surface area contributed by atoms with Crippen molar-refractivity contribution in [2.24, 2.45) is 0 Å². The summed E-state index contributed by atoms with van der Waals surface area (Å²) in [4.78, 5) is 29.6. The second kappa shape index (κ2) is 5.90. The molecule has 2 rings (SSSR count). The highest BCUT2D eigenvalue weighted by Crippen LogP contribution is 2.14. The van der Waals surface area contributed by atoms with Crippen molar-refractivity contribution >= 4 is 17.5 Å². The number of hydrogen-bond donors (Lipinski definition) is 0. The highest BCUT2D eigenvalue weighted by Gasteiger charge is 2.21. The Balaban J connectivity index is 2.13. The molecule has 0 saturated heterocycles. The minimum Gasteiger partial charge on any atom is -0.452 e. The van der Waals surface area contributed by atoms with Gasteiger partial charge in [0.1, 0.15) is 5.56 Å². The molecule has 0 aliphatic rings. The fourth-order valence-corrected chi connectivity index (χ4v) is 1.82. The molecule has 1 amide bonds. The number of aryl methyl sites for hydroxylation is 1. The molecular weight excluding hydrogens is 272 g/mol. The fraction of sp³-hybridized carbons (Fsp3) is 0.429. The summed E-state index contributed by atoms with van der Waals surface area (Å²) in [5.41, 5.74) is 1.23. The number of fused-ring (bicyclic) bond motifs is 1. The van der Waals surface area contributed by atoms with E-state index in [4.69, 9.17) is 4.74 Å². The zero-order valence-electron chi connectivity index (χ0n) is 12.5. The third-order valence-electron chi connectivity index (χ3n) is 3.27. The van der Waals surface area contributed by atoms with Gasteiger partial charge in [0, 0.05) is 25.5 Å². The van der Waals surface area contributed by atoms with Gasteiger partial charge in [-0.3, -0.25) is 4.79 Å². The molecule has 0 fully saturated rings. The molecule has 7 heteroatoms. The molecule has 0 aliphatic carbocycles. The van der Waals surface area contributed by atoms with Gasteiger partial charge in [0.25, 0.3) is 5.91 Å². The Bertz CT molecular complexity index is 678. The Labute approximate surface area is 122 Å². The van der Waals surface area contributed by atoms with Crippen molar-refractivity contribution in [3.63, 3.8) is 0 Å². The second-order valence-corrected chi connectivity index (χ2v) is 5.02. The first-order valence-electron chi connectivity index (χ1n) is 6.64. The zero-order chi connectivity index (χ0) is 15.6. The van der Waals surface area contributed by atoms with Crippen molar-refractivity contribution in [2.45, 2.75) is 26.8 Å². The topological polar surface area (TPSA) is 76.8 Å². The summed E-state index contributed by atoms with van der Waals surface area (Å²) < 4.78 is 6.59. The van der Waals surface area contributed by atoms with Crippen LogP contribution in [0, 0.1) is 6.92 Å². The largest absolute Gasteiger partial charge is 0.452 e. The van der Waals surface area contributed by atoms with Crippen molar-refractivity contribution in [2.75, 3.05) is 13.7 Å². The minimum absolute atomic E-state index is 0.0524. The van der Waals surface area contributed by atoms with Crippen molar-refractivity contribution in [3.8, 4) is 0 Å². The van der Waals surface area contributed by atoms with Gasteiger partial charge in [-0.25, -0.2) is 14.3 Å². The number of ether oxygens (including phenoxy) is 1. The van der Waals surface area contributed by atoms with E-state index in [1.54, 1.807) is 32.4 Å². The van der Waals surface area contributed by atoms with E-state index < -0.39 is 5.97 Å². The number of hydrogen-bond acceptors (Lipinski definition) is 5. The maximum absolute atomic E-state index is 12.2. The molecule has 0 unspecified atom stereocenters. The molecule has 2 aromatic heterocycles. The fourth-order valence-electron chi connectivity index (χ4n) is 1.82. The Morgan fingerprint density at radius 2 is 2.14 bits per heavy atom. The SMILES string of the molecule is Cc1nn2cccnc2c1C(=O)OCC(=O)N(C)C(C)C. The third kappa shape index (κ3) is 3.01. The quantitative estimate of drug-likeness (QED) is 0.787. The standard InChI is InChI=1S/C14H18N4O3/c1-9(2)17(4)11(19)8-21-14(20)12-10(3)16-18-7-5-6-15-13(12)18/h5-7,9H,8H2,1-4H3. The lowest BCUT2D eigenvalue weighted by Crippen LogP contribution is -2.36. The third-order valence-corrected chi connectivity index (χ3v) is 3.27. The Hall–Kier alpha value is -2.44. The average molecular weight is 290 g/mol. The summed E-state index contributed by atoms with van der Waals surface area (Å²) in [5, 5.41) is 4.18. The first-order valence-corrected chi connectivity index (χ1v) is 6.64. The minimum atomic E-state index is -0.591. The smallest absolute Gasteiger partial charge is 0.344 e. The van der Waals surface area contributed by atoms with Crippen LogP contribution in [0.4, 0.5) is 0 Å². The monoisotopic (exact) mass is 290 g/mol. The van der Waals surface area contributed by atoms with Crippen molar-refractivity contribution in [3.05, 3.63) is 29.7 Å². The van der Waals surface area contributed by atoms with Crippen molar-refractivity contribution in [1.82, 2.24) is 19.5 Å². The van der Waals surface area contributed by atoms with Crippen LogP contribution in [0.5, 0.6) is 0 Å². The maximum atomic E-state index is 12.2. The van der Waals surface area contributed by atoms with Crippen LogP contribution in [0.2, 0.25) is 0 Å². The average Bonchev–Trinajstić information content (AvgIpc) is 2.79. The maximum Gasteiger partial charge on any atom is 0.344 e. The molecular formula is C14H18N4O3. The molecule has 0 N–H and O–H groups in total. The predicted molar refractivity (Wildman–Crippen MR) is 75.9 cm³/mol. The number of esters is 1. The summed E-state index contributed by atoms with van der Waals surface area (Å²) in [7, 11) is 1.67. The molecule has 0 aromatic carbocycles. The number of carbonyl (C=O) groups is 2. The van der Waals surface area contributed by atoms with Crippen LogP contribution < -0.4 is 0 Å². The first-order chi connectivity index (χ1) is 9.91. The van der Waals surface area contributed by atoms with E-state index >= 15 is 0 Å². The summed E-state index contributed by atoms with van der Waals surface area (Å²) >= 11 is 0. The number of aromatic nitrogens is 3. The zero-order valence-corrected chi connectivity index (χ0v) is 12.5. The number of carbonyl (C=O) groups excluding carboxylic acids is 2. The van der Waals surface area contributed by atoms with Gasteiger partial charge in [0.2, 0.25) is 0 Å².